The Kier molecular flexibility index (Phi) is 3.45. The zero-order chi connectivity index (χ0) is 14.9. The summed E-state index contributed by atoms with van der Waals surface area (Å²) in [6, 6.07) is 2.95. The quantitative estimate of drug-likeness (QED) is 0.789. The van der Waals surface area contributed by atoms with Crippen LogP contribution in [0.4, 0.5) is 10.1 Å². The third-order valence-corrected chi connectivity index (χ3v) is 4.02. The van der Waals surface area contributed by atoms with Gasteiger partial charge in [0.05, 0.1) is 23.1 Å². The van der Waals surface area contributed by atoms with E-state index in [2.05, 4.69) is 14.9 Å². The van der Waals surface area contributed by atoms with Crippen molar-refractivity contribution in [2.24, 2.45) is 0 Å². The minimum Gasteiger partial charge on any atom is -0.478 e. The highest BCUT2D eigenvalue weighted by atomic mass is 32.2. The number of carboxylic acid groups (broad SMARTS) is 1. The maximum atomic E-state index is 13.5. The Morgan fingerprint density at radius 2 is 2.15 bits per heavy atom. The van der Waals surface area contributed by atoms with Crippen molar-refractivity contribution in [3.05, 3.63) is 41.5 Å². The fourth-order valence-corrected chi connectivity index (χ4v) is 2.76. The molecule has 0 aliphatic rings. The lowest BCUT2D eigenvalue weighted by atomic mass is 10.2. The van der Waals surface area contributed by atoms with E-state index in [0.29, 0.717) is 5.69 Å². The highest BCUT2D eigenvalue weighted by Gasteiger charge is 2.19. The molecule has 0 atom stereocenters. The summed E-state index contributed by atoms with van der Waals surface area (Å²) < 4.78 is 39.6. The van der Waals surface area contributed by atoms with Gasteiger partial charge in [0.25, 0.3) is 10.0 Å². The van der Waals surface area contributed by atoms with Gasteiger partial charge >= 0.3 is 5.97 Å². The Bertz CT molecular complexity index is 770. The number of carboxylic acids is 1. The lowest BCUT2D eigenvalue weighted by Crippen LogP contribution is -2.14. The number of anilines is 1. The molecule has 0 amide bonds. The van der Waals surface area contributed by atoms with Crippen molar-refractivity contribution in [2.45, 2.75) is 11.8 Å². The molecule has 7 nitrogen and oxygen atoms in total. The minimum absolute atomic E-state index is 0.0692. The first-order chi connectivity index (χ1) is 9.31. The van der Waals surface area contributed by atoms with Gasteiger partial charge in [-0.1, -0.05) is 0 Å². The van der Waals surface area contributed by atoms with Gasteiger partial charge < -0.3 is 5.11 Å². The Morgan fingerprint density at radius 3 is 2.65 bits per heavy atom. The predicted octanol–water partition coefficient (Wildman–Crippen LogP) is 1.36. The fraction of sp³-hybridized carbons (Fsp3) is 0.0909. The van der Waals surface area contributed by atoms with Crippen LogP contribution in [0.2, 0.25) is 0 Å². The van der Waals surface area contributed by atoms with E-state index in [0.717, 1.165) is 18.3 Å². The normalized spacial score (nSPS) is 11.3. The van der Waals surface area contributed by atoms with Crippen molar-refractivity contribution in [3.8, 4) is 0 Å². The average molecular weight is 299 g/mol. The van der Waals surface area contributed by atoms with Gasteiger partial charge in [-0.3, -0.25) is 9.82 Å². The van der Waals surface area contributed by atoms with Crippen LogP contribution in [-0.4, -0.2) is 29.7 Å². The molecule has 0 radical (unpaired) electrons. The summed E-state index contributed by atoms with van der Waals surface area (Å²) in [5.41, 5.74) is -0.277. The topological polar surface area (TPSA) is 112 Å². The second kappa shape index (κ2) is 4.93. The molecule has 0 aliphatic heterocycles. The standard InChI is InChI=1S/C11H10FN3O4S/c1-6-10(5-13-14-6)20(18,19)15-7-2-3-8(11(16)17)9(12)4-7/h2-5,15H,1H3,(H,13,14)(H,16,17). The number of H-pyrrole nitrogens is 1. The van der Waals surface area contributed by atoms with Crippen LogP contribution in [0, 0.1) is 12.7 Å². The SMILES string of the molecule is Cc1[nH]ncc1S(=O)(=O)Nc1ccc(C(=O)O)c(F)c1. The minimum atomic E-state index is -3.91. The van der Waals surface area contributed by atoms with Crippen LogP contribution in [0.1, 0.15) is 16.1 Å². The molecule has 20 heavy (non-hydrogen) atoms. The Balaban J connectivity index is 2.33. The third kappa shape index (κ3) is 2.62. The molecule has 1 heterocycles. The van der Waals surface area contributed by atoms with Gasteiger partial charge in [0, 0.05) is 0 Å². The largest absolute Gasteiger partial charge is 0.478 e. The zero-order valence-corrected chi connectivity index (χ0v) is 11.0. The molecule has 0 bridgehead atoms. The first-order valence-corrected chi connectivity index (χ1v) is 6.85. The summed E-state index contributed by atoms with van der Waals surface area (Å²) in [5.74, 6) is -2.45. The van der Waals surface area contributed by atoms with Crippen LogP contribution in [-0.2, 0) is 10.0 Å². The molecule has 9 heteroatoms. The van der Waals surface area contributed by atoms with Crippen molar-refractivity contribution in [3.63, 3.8) is 0 Å². The smallest absolute Gasteiger partial charge is 0.338 e. The third-order valence-electron chi connectivity index (χ3n) is 2.52. The van der Waals surface area contributed by atoms with Crippen molar-refractivity contribution in [1.29, 1.82) is 0 Å². The van der Waals surface area contributed by atoms with E-state index in [1.807, 2.05) is 0 Å². The highest BCUT2D eigenvalue weighted by molar-refractivity contribution is 7.92. The van der Waals surface area contributed by atoms with Crippen LogP contribution in [0.5, 0.6) is 0 Å². The van der Waals surface area contributed by atoms with Crippen molar-refractivity contribution >= 4 is 21.7 Å². The molecule has 3 N–H and O–H groups in total. The van der Waals surface area contributed by atoms with Crippen LogP contribution in [0.25, 0.3) is 0 Å². The summed E-state index contributed by atoms with van der Waals surface area (Å²) in [6.45, 7) is 1.52. The van der Waals surface area contributed by atoms with Gasteiger partial charge in [-0.2, -0.15) is 5.10 Å². The van der Waals surface area contributed by atoms with E-state index in [-0.39, 0.29) is 10.6 Å². The number of rotatable bonds is 4. The molecule has 1 aromatic heterocycles. The second-order valence-electron chi connectivity index (χ2n) is 3.96. The lowest BCUT2D eigenvalue weighted by molar-refractivity contribution is 0.0692. The second-order valence-corrected chi connectivity index (χ2v) is 5.62. The van der Waals surface area contributed by atoms with Crippen LogP contribution < -0.4 is 4.72 Å². The number of halogens is 1. The molecular weight excluding hydrogens is 289 g/mol. The van der Waals surface area contributed by atoms with E-state index in [1.165, 1.54) is 13.0 Å². The number of hydrogen-bond donors (Lipinski definition) is 3. The van der Waals surface area contributed by atoms with Gasteiger partial charge in [0.1, 0.15) is 10.7 Å². The number of sulfonamides is 1. The first-order valence-electron chi connectivity index (χ1n) is 5.37. The van der Waals surface area contributed by atoms with Crippen molar-refractivity contribution < 1.29 is 22.7 Å². The zero-order valence-electron chi connectivity index (χ0n) is 10.2. The number of aryl methyl sites for hydroxylation is 1. The van der Waals surface area contributed by atoms with Gasteiger partial charge in [-0.15, -0.1) is 0 Å². The van der Waals surface area contributed by atoms with Crippen LogP contribution >= 0.6 is 0 Å². The van der Waals surface area contributed by atoms with E-state index >= 15 is 0 Å². The van der Waals surface area contributed by atoms with E-state index in [1.54, 1.807) is 0 Å². The molecule has 0 aliphatic carbocycles. The molecule has 0 saturated heterocycles. The molecule has 0 spiro atoms. The molecule has 0 unspecified atom stereocenters. The number of aromatic carboxylic acids is 1. The maximum absolute atomic E-state index is 13.5. The molecule has 0 fully saturated rings. The Labute approximate surface area is 113 Å². The number of benzene rings is 1. The number of aromatic amines is 1. The molecule has 1 aromatic carbocycles. The summed E-state index contributed by atoms with van der Waals surface area (Å²) in [5, 5.41) is 14.7. The summed E-state index contributed by atoms with van der Waals surface area (Å²) in [4.78, 5) is 10.6. The van der Waals surface area contributed by atoms with Gasteiger partial charge in [-0.05, 0) is 25.1 Å². The van der Waals surface area contributed by atoms with Gasteiger partial charge in [0.15, 0.2) is 0 Å². The molecule has 0 saturated carbocycles. The van der Waals surface area contributed by atoms with E-state index < -0.39 is 27.4 Å². The summed E-state index contributed by atoms with van der Waals surface area (Å²) >= 11 is 0. The van der Waals surface area contributed by atoms with Crippen LogP contribution in [0.15, 0.2) is 29.3 Å². The predicted molar refractivity (Wildman–Crippen MR) is 67.5 cm³/mol. The molecule has 106 valence electrons. The number of hydrogen-bond acceptors (Lipinski definition) is 4. The number of carbonyl (C=O) groups is 1. The molecule has 2 aromatic rings. The van der Waals surface area contributed by atoms with Crippen LogP contribution in [0.3, 0.4) is 0 Å². The Morgan fingerprint density at radius 1 is 1.45 bits per heavy atom. The highest BCUT2D eigenvalue weighted by Crippen LogP contribution is 2.20. The van der Waals surface area contributed by atoms with Crippen molar-refractivity contribution in [1.82, 2.24) is 10.2 Å². The lowest BCUT2D eigenvalue weighted by Gasteiger charge is -2.08. The number of aromatic nitrogens is 2. The van der Waals surface area contributed by atoms with E-state index in [9.17, 15) is 17.6 Å². The Hall–Kier alpha value is -2.42. The number of nitrogens with zero attached hydrogens (tertiary/aromatic N) is 1. The number of nitrogens with one attached hydrogen (secondary N) is 2. The fourth-order valence-electron chi connectivity index (χ4n) is 1.57. The van der Waals surface area contributed by atoms with Crippen molar-refractivity contribution in [2.75, 3.05) is 4.72 Å². The summed E-state index contributed by atoms with van der Waals surface area (Å²) in [7, 11) is -3.91. The van der Waals surface area contributed by atoms with Gasteiger partial charge in [-0.25, -0.2) is 17.6 Å². The average Bonchev–Trinajstić information content (AvgIpc) is 2.75. The first kappa shape index (κ1) is 14.0. The molecular formula is C11H10FN3O4S. The molecule has 2 rings (SSSR count). The maximum Gasteiger partial charge on any atom is 0.338 e. The van der Waals surface area contributed by atoms with E-state index in [4.69, 9.17) is 5.11 Å². The summed E-state index contributed by atoms with van der Waals surface area (Å²) in [6.07, 6.45) is 1.12. The van der Waals surface area contributed by atoms with Gasteiger partial charge in [0.2, 0.25) is 0 Å². The monoisotopic (exact) mass is 299 g/mol.